The molecule has 32 heavy (non-hydrogen) atoms. The Morgan fingerprint density at radius 1 is 1.19 bits per heavy atom. The quantitative estimate of drug-likeness (QED) is 0.321. The van der Waals surface area contributed by atoms with Crippen LogP contribution in [0.3, 0.4) is 0 Å². The monoisotopic (exact) mass is 434 g/mol. The van der Waals surface area contributed by atoms with E-state index in [1.807, 2.05) is 6.92 Å². The number of carbonyl (C=O) groups excluding carboxylic acids is 2. The molecular weight excluding hydrogens is 411 g/mol. The van der Waals surface area contributed by atoms with Gasteiger partial charge in [0.1, 0.15) is 5.75 Å². The Balaban J connectivity index is 1.58. The fourth-order valence-electron chi connectivity index (χ4n) is 2.89. The van der Waals surface area contributed by atoms with Crippen LogP contribution in [0.2, 0.25) is 0 Å². The van der Waals surface area contributed by atoms with Crippen LogP contribution in [0.25, 0.3) is 5.52 Å². The molecule has 3 heterocycles. The first-order valence-electron chi connectivity index (χ1n) is 10.1. The summed E-state index contributed by atoms with van der Waals surface area (Å²) in [5.74, 6) is 0.0341. The number of nitrogens with one attached hydrogen (secondary N) is 3. The van der Waals surface area contributed by atoms with Gasteiger partial charge >= 0.3 is 0 Å². The number of hydrogen-bond acceptors (Lipinski definition) is 7. The van der Waals surface area contributed by atoms with Gasteiger partial charge in [-0.1, -0.05) is 0 Å². The van der Waals surface area contributed by atoms with E-state index in [2.05, 4.69) is 25.9 Å². The molecule has 0 aliphatic heterocycles. The van der Waals surface area contributed by atoms with E-state index in [0.717, 1.165) is 0 Å². The van der Waals surface area contributed by atoms with Crippen LogP contribution in [0, 0.1) is 0 Å². The van der Waals surface area contributed by atoms with Gasteiger partial charge in [-0.05, 0) is 37.6 Å². The van der Waals surface area contributed by atoms with Crippen LogP contribution < -0.4 is 26.2 Å². The van der Waals surface area contributed by atoms with Gasteiger partial charge in [-0.3, -0.25) is 18.8 Å². The summed E-state index contributed by atoms with van der Waals surface area (Å²) < 4.78 is 7.00. The predicted octanol–water partition coefficient (Wildman–Crippen LogP) is 0.967. The number of rotatable bonds is 10. The summed E-state index contributed by atoms with van der Waals surface area (Å²) in [6.45, 7) is 2.96. The van der Waals surface area contributed by atoms with Crippen molar-refractivity contribution >= 4 is 31.0 Å². The maximum absolute atomic E-state index is 12.5. The Labute approximate surface area is 185 Å². The second-order valence-corrected chi connectivity index (χ2v) is 7.06. The first-order valence-corrected chi connectivity index (χ1v) is 10.1. The third-order valence-electron chi connectivity index (χ3n) is 4.43. The summed E-state index contributed by atoms with van der Waals surface area (Å²) in [6.07, 6.45) is 5.38. The lowest BCUT2D eigenvalue weighted by atomic mass is 10.1. The average Bonchev–Trinajstić information content (AvgIpc) is 2.78. The lowest BCUT2D eigenvalue weighted by molar-refractivity contribution is 0.0952. The molecule has 3 N–H and O–H groups in total. The van der Waals surface area contributed by atoms with E-state index >= 15 is 0 Å². The van der Waals surface area contributed by atoms with E-state index in [4.69, 9.17) is 12.6 Å². The van der Waals surface area contributed by atoms with Crippen LogP contribution in [0.5, 0.6) is 5.75 Å². The Morgan fingerprint density at radius 2 is 1.97 bits per heavy atom. The Morgan fingerprint density at radius 3 is 2.72 bits per heavy atom. The molecule has 0 bridgehead atoms. The van der Waals surface area contributed by atoms with Crippen molar-refractivity contribution in [2.75, 3.05) is 25.0 Å². The number of anilines is 1. The molecule has 10 nitrogen and oxygen atoms in total. The van der Waals surface area contributed by atoms with E-state index in [1.165, 1.54) is 10.5 Å². The van der Waals surface area contributed by atoms with Gasteiger partial charge in [0, 0.05) is 48.7 Å². The molecule has 0 saturated carbocycles. The largest absolute Gasteiger partial charge is 0.492 e. The van der Waals surface area contributed by atoms with Crippen LogP contribution in [0.1, 0.15) is 23.7 Å². The van der Waals surface area contributed by atoms with Crippen molar-refractivity contribution in [2.24, 2.45) is 0 Å². The molecule has 11 heteroatoms. The Kier molecular flexibility index (Phi) is 7.79. The molecule has 1 unspecified atom stereocenters. The molecule has 0 aromatic carbocycles. The zero-order chi connectivity index (χ0) is 22.9. The summed E-state index contributed by atoms with van der Waals surface area (Å²) in [4.78, 5) is 43.9. The van der Waals surface area contributed by atoms with Crippen molar-refractivity contribution in [3.05, 3.63) is 64.8 Å². The van der Waals surface area contributed by atoms with Gasteiger partial charge < -0.3 is 20.7 Å². The summed E-state index contributed by atoms with van der Waals surface area (Å²) >= 11 is 0. The Bertz CT molecular complexity index is 1140. The van der Waals surface area contributed by atoms with Gasteiger partial charge in [-0.25, -0.2) is 9.97 Å². The molecule has 3 rings (SSSR count). The van der Waals surface area contributed by atoms with Gasteiger partial charge in [0.2, 0.25) is 5.95 Å². The van der Waals surface area contributed by atoms with Crippen molar-refractivity contribution in [2.45, 2.75) is 19.4 Å². The molecule has 2 amide bonds. The number of nitrogens with zero attached hydrogens (tertiary/aromatic N) is 3. The number of pyridine rings is 2. The van der Waals surface area contributed by atoms with Gasteiger partial charge in [0.15, 0.2) is 13.7 Å². The lowest BCUT2D eigenvalue weighted by Gasteiger charge is -2.14. The minimum absolute atomic E-state index is 0.110. The highest BCUT2D eigenvalue weighted by Gasteiger charge is 2.11. The Hall–Kier alpha value is -3.89. The molecule has 3 aromatic rings. The van der Waals surface area contributed by atoms with Gasteiger partial charge in [-0.15, -0.1) is 0 Å². The van der Waals surface area contributed by atoms with E-state index in [9.17, 15) is 14.4 Å². The minimum atomic E-state index is -0.585. The normalized spacial score (nSPS) is 11.5. The zero-order valence-electron chi connectivity index (χ0n) is 17.6. The maximum Gasteiger partial charge on any atom is 0.255 e. The van der Waals surface area contributed by atoms with Crippen LogP contribution >= 0.6 is 0 Å². The highest BCUT2D eigenvalue weighted by Crippen LogP contribution is 2.13. The predicted molar refractivity (Wildman–Crippen MR) is 120 cm³/mol. The standard InChI is InChI=1S/C21H23BN6O4/c1-14(27-21-24-6-2-7-25-21)12-26-19(30)15-10-16-4-5-17(13-28(16)18(29)11-15)32-9-3-8-23-20(22)31/h2,4-7,10-11,13-14H,3,8-9,12H2,1H3,(H,23,31)(H,26,30)(H,24,25,27). The second-order valence-electron chi connectivity index (χ2n) is 7.06. The maximum atomic E-state index is 12.5. The first-order chi connectivity index (χ1) is 15.4. The number of hydrogen-bond donors (Lipinski definition) is 3. The molecule has 164 valence electrons. The average molecular weight is 434 g/mol. The van der Waals surface area contributed by atoms with Crippen molar-refractivity contribution in [3.63, 3.8) is 0 Å². The molecule has 1 atom stereocenters. The zero-order valence-corrected chi connectivity index (χ0v) is 17.6. The molecule has 0 aliphatic carbocycles. The number of aromatic nitrogens is 3. The number of amides is 2. The SMILES string of the molecule is [B]C(=O)NCCCOc1ccc2cc(C(=O)NCC(C)Nc3ncccn3)cc(=O)n2c1. The third kappa shape index (κ3) is 6.56. The molecule has 0 saturated heterocycles. The smallest absolute Gasteiger partial charge is 0.255 e. The fraction of sp³-hybridized carbons (Fsp3) is 0.286. The van der Waals surface area contributed by atoms with Crippen LogP contribution in [0.15, 0.2) is 53.7 Å². The molecule has 0 fully saturated rings. The summed E-state index contributed by atoms with van der Waals surface area (Å²) in [6, 6.07) is 7.93. The van der Waals surface area contributed by atoms with E-state index in [1.54, 1.807) is 42.9 Å². The number of ether oxygens (including phenoxy) is 1. The highest BCUT2D eigenvalue weighted by molar-refractivity contribution is 6.57. The van der Waals surface area contributed by atoms with Crippen molar-refractivity contribution < 1.29 is 14.3 Å². The molecule has 3 aromatic heterocycles. The topological polar surface area (TPSA) is 127 Å². The number of fused-ring (bicyclic) bond motifs is 1. The lowest BCUT2D eigenvalue weighted by Crippen LogP contribution is -2.35. The van der Waals surface area contributed by atoms with Crippen molar-refractivity contribution in [1.82, 2.24) is 25.0 Å². The summed E-state index contributed by atoms with van der Waals surface area (Å²) in [5.41, 5.74) is 0.482. The van der Waals surface area contributed by atoms with E-state index < -0.39 is 5.81 Å². The third-order valence-corrected chi connectivity index (χ3v) is 4.43. The van der Waals surface area contributed by atoms with Gasteiger partial charge in [0.25, 0.3) is 11.5 Å². The fourth-order valence-corrected chi connectivity index (χ4v) is 2.89. The molecule has 0 spiro atoms. The number of carbonyl (C=O) groups is 2. The second kappa shape index (κ2) is 10.9. The van der Waals surface area contributed by atoms with Crippen molar-refractivity contribution in [1.29, 1.82) is 0 Å². The van der Waals surface area contributed by atoms with Crippen LogP contribution in [-0.2, 0) is 0 Å². The van der Waals surface area contributed by atoms with E-state index in [-0.39, 0.29) is 23.1 Å². The van der Waals surface area contributed by atoms with Gasteiger partial charge in [0.05, 0.1) is 12.8 Å². The molecular formula is C21H23BN6O4. The van der Waals surface area contributed by atoms with E-state index in [0.29, 0.717) is 43.3 Å². The summed E-state index contributed by atoms with van der Waals surface area (Å²) in [7, 11) is 5.00. The molecule has 0 aliphatic rings. The minimum Gasteiger partial charge on any atom is -0.492 e. The highest BCUT2D eigenvalue weighted by atomic mass is 16.5. The van der Waals surface area contributed by atoms with Gasteiger partial charge in [-0.2, -0.15) is 0 Å². The molecule has 2 radical (unpaired) electrons. The first kappa shape index (κ1) is 22.8. The van der Waals surface area contributed by atoms with Crippen LogP contribution in [-0.4, -0.2) is 59.7 Å². The van der Waals surface area contributed by atoms with Crippen molar-refractivity contribution in [3.8, 4) is 5.75 Å². The summed E-state index contributed by atoms with van der Waals surface area (Å²) in [5, 5.41) is 8.36. The van der Waals surface area contributed by atoms with Crippen LogP contribution in [0.4, 0.5) is 10.7 Å².